The maximum atomic E-state index is 12.9. The van der Waals surface area contributed by atoms with Crippen LogP contribution < -0.4 is 0 Å². The number of carbonyl (C=O) groups excluding carboxylic acids is 1. The molecule has 4 rings (SSSR count). The molecule has 8 nitrogen and oxygen atoms in total. The molecule has 1 saturated carbocycles. The molecule has 24 heavy (non-hydrogen) atoms. The summed E-state index contributed by atoms with van der Waals surface area (Å²) in [6.07, 6.45) is 7.28. The van der Waals surface area contributed by atoms with Crippen molar-refractivity contribution in [2.45, 2.75) is 25.4 Å². The average Bonchev–Trinajstić information content (AvgIpc) is 3.13. The monoisotopic (exact) mass is 323 g/mol. The van der Waals surface area contributed by atoms with Crippen molar-refractivity contribution in [2.24, 2.45) is 7.05 Å². The largest absolute Gasteiger partial charge is 0.337 e. The number of aromatic nitrogens is 6. The molecule has 0 spiro atoms. The summed E-state index contributed by atoms with van der Waals surface area (Å²) in [4.78, 5) is 19.1. The molecule has 0 saturated heterocycles. The molecule has 0 bridgehead atoms. The summed E-state index contributed by atoms with van der Waals surface area (Å²) in [5, 5.41) is 11.1. The van der Waals surface area contributed by atoms with Crippen LogP contribution in [0.2, 0.25) is 0 Å². The van der Waals surface area contributed by atoms with E-state index in [1.54, 1.807) is 10.9 Å². The number of imidazole rings is 1. The molecule has 1 fully saturated rings. The van der Waals surface area contributed by atoms with Crippen LogP contribution in [0.15, 0.2) is 43.0 Å². The van der Waals surface area contributed by atoms with E-state index in [1.807, 2.05) is 47.0 Å². The Kier molecular flexibility index (Phi) is 3.56. The number of aryl methyl sites for hydroxylation is 1. The van der Waals surface area contributed by atoms with Crippen molar-refractivity contribution in [3.05, 3.63) is 54.4 Å². The van der Waals surface area contributed by atoms with Gasteiger partial charge in [-0.1, -0.05) is 0 Å². The van der Waals surface area contributed by atoms with Gasteiger partial charge in [0.15, 0.2) is 0 Å². The highest BCUT2D eigenvalue weighted by Crippen LogP contribution is 2.29. The van der Waals surface area contributed by atoms with Gasteiger partial charge >= 0.3 is 0 Å². The average molecular weight is 323 g/mol. The van der Waals surface area contributed by atoms with Crippen molar-refractivity contribution >= 4 is 5.91 Å². The zero-order valence-corrected chi connectivity index (χ0v) is 13.3. The molecular formula is C16H17N7O. The van der Waals surface area contributed by atoms with Gasteiger partial charge in [0.05, 0.1) is 12.2 Å². The molecule has 0 aliphatic heterocycles. The van der Waals surface area contributed by atoms with Gasteiger partial charge in [0.2, 0.25) is 0 Å². The highest BCUT2D eigenvalue weighted by Gasteiger charge is 2.33. The number of amides is 1. The third kappa shape index (κ3) is 2.78. The Hall–Kier alpha value is -3.03. The molecule has 122 valence electrons. The highest BCUT2D eigenvalue weighted by molar-refractivity contribution is 5.94. The number of rotatable bonds is 5. The maximum absolute atomic E-state index is 12.9. The van der Waals surface area contributed by atoms with Gasteiger partial charge in [0.1, 0.15) is 12.2 Å². The van der Waals surface area contributed by atoms with E-state index in [9.17, 15) is 4.79 Å². The lowest BCUT2D eigenvalue weighted by molar-refractivity contribution is 0.0724. The van der Waals surface area contributed by atoms with Crippen LogP contribution in [0, 0.1) is 0 Å². The van der Waals surface area contributed by atoms with Gasteiger partial charge < -0.3 is 9.47 Å². The first kappa shape index (κ1) is 14.6. The fourth-order valence-electron chi connectivity index (χ4n) is 2.66. The second kappa shape index (κ2) is 5.88. The van der Waals surface area contributed by atoms with E-state index in [-0.39, 0.29) is 5.91 Å². The van der Waals surface area contributed by atoms with Gasteiger partial charge in [-0.25, -0.2) is 9.67 Å². The fraction of sp³-hybridized carbons (Fsp3) is 0.312. The number of hydrogen-bond acceptors (Lipinski definition) is 5. The molecule has 0 radical (unpaired) electrons. The Bertz CT molecular complexity index is 834. The standard InChI is InChI=1S/C16H17N7O/c1-21-9-8-17-15(21)10-22(13-6-7-13)16(24)12-2-4-14(5-3-12)23-11-18-19-20-23/h2-5,8-9,11,13H,6-7,10H2,1H3. The molecule has 2 heterocycles. The quantitative estimate of drug-likeness (QED) is 0.705. The number of benzene rings is 1. The van der Waals surface area contributed by atoms with Crippen molar-refractivity contribution in [3.63, 3.8) is 0 Å². The smallest absolute Gasteiger partial charge is 0.254 e. The van der Waals surface area contributed by atoms with E-state index in [0.717, 1.165) is 24.4 Å². The van der Waals surface area contributed by atoms with E-state index < -0.39 is 0 Å². The van der Waals surface area contributed by atoms with Gasteiger partial charge in [-0.3, -0.25) is 4.79 Å². The number of tetrazole rings is 1. The second-order valence-electron chi connectivity index (χ2n) is 5.92. The van der Waals surface area contributed by atoms with Crippen molar-refractivity contribution in [2.75, 3.05) is 0 Å². The Balaban J connectivity index is 1.55. The summed E-state index contributed by atoms with van der Waals surface area (Å²) < 4.78 is 3.50. The van der Waals surface area contributed by atoms with E-state index in [1.165, 1.54) is 6.33 Å². The third-order valence-corrected chi connectivity index (χ3v) is 4.21. The Morgan fingerprint density at radius 1 is 1.29 bits per heavy atom. The van der Waals surface area contributed by atoms with E-state index in [0.29, 0.717) is 18.2 Å². The number of hydrogen-bond donors (Lipinski definition) is 0. The lowest BCUT2D eigenvalue weighted by atomic mass is 10.1. The number of nitrogens with zero attached hydrogens (tertiary/aromatic N) is 7. The molecule has 1 aromatic carbocycles. The minimum absolute atomic E-state index is 0.0313. The predicted molar refractivity (Wildman–Crippen MR) is 85.3 cm³/mol. The molecule has 3 aromatic rings. The van der Waals surface area contributed by atoms with Crippen LogP contribution in [0.3, 0.4) is 0 Å². The topological polar surface area (TPSA) is 81.7 Å². The van der Waals surface area contributed by atoms with Crippen LogP contribution in [0.5, 0.6) is 0 Å². The van der Waals surface area contributed by atoms with Gasteiger partial charge in [0.25, 0.3) is 5.91 Å². The Labute approximate surface area is 138 Å². The Morgan fingerprint density at radius 3 is 2.67 bits per heavy atom. The first-order chi connectivity index (χ1) is 11.7. The summed E-state index contributed by atoms with van der Waals surface area (Å²) in [6.45, 7) is 0.530. The lowest BCUT2D eigenvalue weighted by Gasteiger charge is -2.22. The van der Waals surface area contributed by atoms with Gasteiger partial charge in [-0.2, -0.15) is 0 Å². The highest BCUT2D eigenvalue weighted by atomic mass is 16.2. The third-order valence-electron chi connectivity index (χ3n) is 4.21. The van der Waals surface area contributed by atoms with Crippen LogP contribution >= 0.6 is 0 Å². The van der Waals surface area contributed by atoms with Crippen molar-refractivity contribution in [1.82, 2.24) is 34.7 Å². The normalized spacial score (nSPS) is 13.9. The zero-order valence-electron chi connectivity index (χ0n) is 13.3. The minimum Gasteiger partial charge on any atom is -0.337 e. The molecule has 8 heteroatoms. The van der Waals surface area contributed by atoms with E-state index in [4.69, 9.17) is 0 Å². The molecule has 0 unspecified atom stereocenters. The SMILES string of the molecule is Cn1ccnc1CN(C(=O)c1ccc(-n2cnnn2)cc1)C1CC1. The summed E-state index contributed by atoms with van der Waals surface area (Å²) in [5.74, 6) is 0.921. The second-order valence-corrected chi connectivity index (χ2v) is 5.92. The maximum Gasteiger partial charge on any atom is 0.254 e. The van der Waals surface area contributed by atoms with Crippen LogP contribution in [0.4, 0.5) is 0 Å². The summed E-state index contributed by atoms with van der Waals surface area (Å²) in [6, 6.07) is 7.62. The van der Waals surface area contributed by atoms with E-state index >= 15 is 0 Å². The molecule has 0 N–H and O–H groups in total. The summed E-state index contributed by atoms with van der Waals surface area (Å²) >= 11 is 0. The fourth-order valence-corrected chi connectivity index (χ4v) is 2.66. The lowest BCUT2D eigenvalue weighted by Crippen LogP contribution is -2.33. The molecule has 2 aromatic heterocycles. The number of carbonyl (C=O) groups is 1. The first-order valence-electron chi connectivity index (χ1n) is 7.83. The van der Waals surface area contributed by atoms with Crippen LogP contribution in [0.1, 0.15) is 29.0 Å². The van der Waals surface area contributed by atoms with Crippen LogP contribution in [-0.2, 0) is 13.6 Å². The minimum atomic E-state index is 0.0313. The molecular weight excluding hydrogens is 306 g/mol. The molecule has 1 aliphatic rings. The van der Waals surface area contributed by atoms with Gasteiger partial charge in [-0.05, 0) is 47.5 Å². The van der Waals surface area contributed by atoms with Gasteiger partial charge in [-0.15, -0.1) is 5.10 Å². The summed E-state index contributed by atoms with van der Waals surface area (Å²) in [7, 11) is 1.94. The zero-order chi connectivity index (χ0) is 16.5. The Morgan fingerprint density at radius 2 is 2.08 bits per heavy atom. The first-order valence-corrected chi connectivity index (χ1v) is 7.83. The summed E-state index contributed by atoms with van der Waals surface area (Å²) in [5.41, 5.74) is 1.48. The van der Waals surface area contributed by atoms with Crippen molar-refractivity contribution < 1.29 is 4.79 Å². The van der Waals surface area contributed by atoms with Crippen LogP contribution in [-0.4, -0.2) is 46.6 Å². The molecule has 0 atom stereocenters. The van der Waals surface area contributed by atoms with E-state index in [2.05, 4.69) is 20.5 Å². The van der Waals surface area contributed by atoms with Crippen molar-refractivity contribution in [1.29, 1.82) is 0 Å². The predicted octanol–water partition coefficient (Wildman–Crippen LogP) is 1.20. The van der Waals surface area contributed by atoms with Crippen LogP contribution in [0.25, 0.3) is 5.69 Å². The van der Waals surface area contributed by atoms with Gasteiger partial charge in [0, 0.05) is 31.0 Å². The van der Waals surface area contributed by atoms with Crippen molar-refractivity contribution in [3.8, 4) is 5.69 Å². The molecule has 1 amide bonds. The molecule has 1 aliphatic carbocycles.